The molecule has 0 fully saturated rings. The first-order valence-corrected chi connectivity index (χ1v) is 9.26. The fraction of sp³-hybridized carbons (Fsp3) is 0.238. The molecule has 2 heterocycles. The Bertz CT molecular complexity index is 992. The lowest BCUT2D eigenvalue weighted by molar-refractivity contribution is -0.119. The minimum atomic E-state index is -0.684. The van der Waals surface area contributed by atoms with Crippen LogP contribution in [0.15, 0.2) is 54.9 Å². The van der Waals surface area contributed by atoms with Crippen molar-refractivity contribution < 1.29 is 9.82 Å². The minimum absolute atomic E-state index is 0.104. The predicted molar refractivity (Wildman–Crippen MR) is 108 cm³/mol. The van der Waals surface area contributed by atoms with Crippen molar-refractivity contribution in [3.05, 3.63) is 71.5 Å². The lowest BCUT2D eigenvalue weighted by Gasteiger charge is -2.25. The molecule has 0 spiro atoms. The summed E-state index contributed by atoms with van der Waals surface area (Å²) in [5, 5.41) is 15.4. The summed E-state index contributed by atoms with van der Waals surface area (Å²) in [7, 11) is -0.684. The number of rotatable bonds is 5. The number of nitrogens with one attached hydrogen (secondary N) is 1. The standard InChI is InChI=1S/C21H22BN3O2/c23-12-19(17-2-1-3-20-18(17)7-9-25-22(20)27)21(26)11-14-4-5-16-13-24-8-6-15(16)10-14/h1-6,8,10,13,19,25,27H,7,9,11-12,23H2. The van der Waals surface area contributed by atoms with Gasteiger partial charge in [-0.05, 0) is 46.6 Å². The SMILES string of the molecule is NCC(C(=O)Cc1ccc2cnccc2c1)c1cccc2c1CCNB2O. The van der Waals surface area contributed by atoms with E-state index in [2.05, 4.69) is 10.2 Å². The van der Waals surface area contributed by atoms with Crippen molar-refractivity contribution in [1.82, 2.24) is 10.2 Å². The van der Waals surface area contributed by atoms with Crippen LogP contribution in [-0.2, 0) is 17.6 Å². The molecule has 6 heteroatoms. The highest BCUT2D eigenvalue weighted by molar-refractivity contribution is 6.64. The summed E-state index contributed by atoms with van der Waals surface area (Å²) in [6, 6.07) is 13.7. The van der Waals surface area contributed by atoms with Gasteiger partial charge in [0.2, 0.25) is 0 Å². The maximum Gasteiger partial charge on any atom is 0.413 e. The molecule has 0 aliphatic carbocycles. The van der Waals surface area contributed by atoms with Gasteiger partial charge in [0.15, 0.2) is 0 Å². The van der Waals surface area contributed by atoms with Gasteiger partial charge in [0.05, 0.1) is 5.92 Å². The Labute approximate surface area is 158 Å². The normalized spacial score (nSPS) is 14.8. The van der Waals surface area contributed by atoms with E-state index in [0.717, 1.165) is 39.3 Å². The van der Waals surface area contributed by atoms with E-state index in [-0.39, 0.29) is 18.2 Å². The molecule has 136 valence electrons. The monoisotopic (exact) mass is 359 g/mol. The number of carbonyl (C=O) groups excluding carboxylic acids is 1. The molecule has 1 aromatic heterocycles. The van der Waals surface area contributed by atoms with E-state index in [4.69, 9.17) is 5.73 Å². The molecular formula is C21H22BN3O2. The van der Waals surface area contributed by atoms with Gasteiger partial charge in [-0.25, -0.2) is 0 Å². The van der Waals surface area contributed by atoms with Crippen molar-refractivity contribution in [3.63, 3.8) is 0 Å². The zero-order chi connectivity index (χ0) is 18.8. The lowest BCUT2D eigenvalue weighted by Crippen LogP contribution is -2.52. The number of fused-ring (bicyclic) bond motifs is 2. The van der Waals surface area contributed by atoms with Gasteiger partial charge >= 0.3 is 7.05 Å². The molecule has 5 nitrogen and oxygen atoms in total. The van der Waals surface area contributed by atoms with Crippen LogP contribution in [0.4, 0.5) is 0 Å². The number of hydrogen-bond donors (Lipinski definition) is 3. The Morgan fingerprint density at radius 2 is 2.15 bits per heavy atom. The fourth-order valence-corrected chi connectivity index (χ4v) is 3.94. The number of nitrogens with zero attached hydrogens (tertiary/aromatic N) is 1. The third-order valence-electron chi connectivity index (χ3n) is 5.34. The van der Waals surface area contributed by atoms with Crippen LogP contribution in [0.3, 0.4) is 0 Å². The summed E-state index contributed by atoms with van der Waals surface area (Å²) < 4.78 is 0. The van der Waals surface area contributed by atoms with Crippen LogP contribution < -0.4 is 16.4 Å². The molecule has 0 amide bonds. The second-order valence-corrected chi connectivity index (χ2v) is 7.01. The Morgan fingerprint density at radius 1 is 1.26 bits per heavy atom. The highest BCUT2D eigenvalue weighted by Crippen LogP contribution is 2.24. The third-order valence-corrected chi connectivity index (χ3v) is 5.34. The maximum atomic E-state index is 13.1. The van der Waals surface area contributed by atoms with Crippen molar-refractivity contribution >= 4 is 29.1 Å². The van der Waals surface area contributed by atoms with E-state index in [0.29, 0.717) is 13.0 Å². The van der Waals surface area contributed by atoms with Crippen LogP contribution in [0.2, 0.25) is 0 Å². The van der Waals surface area contributed by atoms with E-state index < -0.39 is 7.05 Å². The number of Topliss-reactive ketones (excluding diaryl/α,β-unsaturated/α-hetero) is 1. The summed E-state index contributed by atoms with van der Waals surface area (Å²) in [6.45, 7) is 0.950. The van der Waals surface area contributed by atoms with Gasteiger partial charge in [0.1, 0.15) is 5.78 Å². The Hall–Kier alpha value is -2.54. The molecule has 1 atom stereocenters. The van der Waals surface area contributed by atoms with E-state index in [1.165, 1.54) is 0 Å². The van der Waals surface area contributed by atoms with Crippen LogP contribution in [-0.4, -0.2) is 35.9 Å². The van der Waals surface area contributed by atoms with Crippen LogP contribution >= 0.6 is 0 Å². The topological polar surface area (TPSA) is 88.2 Å². The zero-order valence-corrected chi connectivity index (χ0v) is 15.1. The molecule has 1 unspecified atom stereocenters. The second kappa shape index (κ2) is 7.60. The van der Waals surface area contributed by atoms with Gasteiger partial charge in [-0.15, -0.1) is 0 Å². The number of pyridine rings is 1. The van der Waals surface area contributed by atoms with E-state index in [1.54, 1.807) is 6.20 Å². The number of hydrogen-bond acceptors (Lipinski definition) is 5. The van der Waals surface area contributed by atoms with Crippen molar-refractivity contribution in [3.8, 4) is 0 Å². The Balaban J connectivity index is 1.62. The fourth-order valence-electron chi connectivity index (χ4n) is 3.94. The average Bonchev–Trinajstić information content (AvgIpc) is 2.69. The van der Waals surface area contributed by atoms with Gasteiger partial charge < -0.3 is 16.0 Å². The first-order chi connectivity index (χ1) is 13.2. The van der Waals surface area contributed by atoms with Gasteiger partial charge in [-0.2, -0.15) is 0 Å². The largest absolute Gasteiger partial charge is 0.433 e. The molecule has 1 aliphatic rings. The second-order valence-electron chi connectivity index (χ2n) is 7.01. The van der Waals surface area contributed by atoms with Gasteiger partial charge in [-0.3, -0.25) is 9.78 Å². The van der Waals surface area contributed by atoms with Gasteiger partial charge in [0, 0.05) is 30.7 Å². The molecule has 1 aliphatic heterocycles. The lowest BCUT2D eigenvalue weighted by atomic mass is 9.66. The number of carbonyl (C=O) groups is 1. The summed E-state index contributed by atoms with van der Waals surface area (Å²) in [5.74, 6) is -0.259. The Kier molecular flexibility index (Phi) is 5.03. The minimum Gasteiger partial charge on any atom is -0.433 e. The first kappa shape index (κ1) is 17.9. The third kappa shape index (κ3) is 3.51. The summed E-state index contributed by atoms with van der Waals surface area (Å²) in [4.78, 5) is 17.2. The highest BCUT2D eigenvalue weighted by Gasteiger charge is 2.28. The van der Waals surface area contributed by atoms with Crippen LogP contribution in [0.5, 0.6) is 0 Å². The van der Waals surface area contributed by atoms with Crippen molar-refractivity contribution in [2.24, 2.45) is 5.73 Å². The van der Waals surface area contributed by atoms with Gasteiger partial charge in [0.25, 0.3) is 0 Å². The number of benzene rings is 2. The van der Waals surface area contributed by atoms with Crippen molar-refractivity contribution in [1.29, 1.82) is 0 Å². The Morgan fingerprint density at radius 3 is 3.00 bits per heavy atom. The number of aromatic nitrogens is 1. The summed E-state index contributed by atoms with van der Waals surface area (Å²) in [5.41, 5.74) is 9.84. The first-order valence-electron chi connectivity index (χ1n) is 9.26. The average molecular weight is 359 g/mol. The molecule has 4 N–H and O–H groups in total. The molecule has 0 saturated heterocycles. The van der Waals surface area contributed by atoms with Gasteiger partial charge in [-0.1, -0.05) is 36.4 Å². The zero-order valence-electron chi connectivity index (χ0n) is 15.1. The van der Waals surface area contributed by atoms with E-state index >= 15 is 0 Å². The smallest absolute Gasteiger partial charge is 0.413 e. The van der Waals surface area contributed by atoms with Crippen molar-refractivity contribution in [2.75, 3.05) is 13.1 Å². The maximum absolute atomic E-state index is 13.1. The molecule has 2 aromatic carbocycles. The molecule has 0 bridgehead atoms. The molecule has 3 aromatic rings. The highest BCUT2D eigenvalue weighted by atomic mass is 16.2. The van der Waals surface area contributed by atoms with Crippen LogP contribution in [0.25, 0.3) is 10.8 Å². The molecule has 0 radical (unpaired) electrons. The molecule has 4 rings (SSSR count). The summed E-state index contributed by atoms with van der Waals surface area (Å²) >= 11 is 0. The molecular weight excluding hydrogens is 337 g/mol. The summed E-state index contributed by atoms with van der Waals surface area (Å²) in [6.07, 6.45) is 4.70. The van der Waals surface area contributed by atoms with Crippen molar-refractivity contribution in [2.45, 2.75) is 18.8 Å². The van der Waals surface area contributed by atoms with E-state index in [9.17, 15) is 9.82 Å². The number of ketones is 1. The molecule has 0 saturated carbocycles. The van der Waals surface area contributed by atoms with Crippen LogP contribution in [0, 0.1) is 0 Å². The molecule has 27 heavy (non-hydrogen) atoms. The number of nitrogens with two attached hydrogens (primary N) is 1. The van der Waals surface area contributed by atoms with E-state index in [1.807, 2.05) is 48.7 Å². The predicted octanol–water partition coefficient (Wildman–Crippen LogP) is 0.922. The quantitative estimate of drug-likeness (QED) is 0.590. The van der Waals surface area contributed by atoms with Crippen LogP contribution in [0.1, 0.15) is 22.6 Å².